The third-order valence-corrected chi connectivity index (χ3v) is 5.07. The van der Waals surface area contributed by atoms with Gasteiger partial charge in [-0.1, -0.05) is 18.2 Å². The highest BCUT2D eigenvalue weighted by molar-refractivity contribution is 5.79. The highest BCUT2D eigenvalue weighted by Crippen LogP contribution is 2.19. The average Bonchev–Trinajstić information content (AvgIpc) is 3.40. The van der Waals surface area contributed by atoms with Crippen LogP contribution in [0.3, 0.4) is 0 Å². The number of aryl methyl sites for hydroxylation is 1. The third kappa shape index (κ3) is 4.95. The van der Waals surface area contributed by atoms with E-state index in [4.69, 9.17) is 4.42 Å². The van der Waals surface area contributed by atoms with Crippen LogP contribution in [0.2, 0.25) is 0 Å². The lowest BCUT2D eigenvalue weighted by Crippen LogP contribution is -2.51. The number of hydrogen-bond acceptors (Lipinski definition) is 6. The Hall–Kier alpha value is -2.74. The molecule has 1 aliphatic carbocycles. The fraction of sp³-hybridized carbons (Fsp3) is 0.500. The molecule has 8 heteroatoms. The Kier molecular flexibility index (Phi) is 5.66. The molecule has 2 aromatic rings. The molecule has 2 aliphatic rings. The molecule has 0 radical (unpaired) electrons. The van der Waals surface area contributed by atoms with Gasteiger partial charge in [-0.2, -0.15) is 0 Å². The van der Waals surface area contributed by atoms with E-state index in [-0.39, 0.29) is 11.8 Å². The van der Waals surface area contributed by atoms with Crippen LogP contribution in [0.1, 0.15) is 25.2 Å². The molecule has 0 atom stereocenters. The molecule has 148 valence electrons. The second-order valence-corrected chi connectivity index (χ2v) is 7.37. The molecule has 0 bridgehead atoms. The molecular weight excluding hydrogens is 358 g/mol. The van der Waals surface area contributed by atoms with Crippen LogP contribution in [0.5, 0.6) is 0 Å². The molecular formula is C20H25N5O3. The number of hydrogen-bond donors (Lipinski definition) is 1. The quantitative estimate of drug-likeness (QED) is 0.770. The summed E-state index contributed by atoms with van der Waals surface area (Å²) in [6.07, 6.45) is 2.98. The van der Waals surface area contributed by atoms with Crippen LogP contribution in [0, 0.1) is 0 Å². The number of carbonyl (C=O) groups excluding carboxylic acids is 2. The molecule has 1 saturated carbocycles. The molecule has 1 aromatic heterocycles. The van der Waals surface area contributed by atoms with E-state index in [0.717, 1.165) is 31.5 Å². The standard InChI is InChI=1S/C20H25N5O3/c26-17(21-16-6-7-16)14-24-10-12-25(13-11-24)19(27)9-8-18-22-23-20(28-18)15-4-2-1-3-5-15/h1-5,16H,6-14H2,(H,21,26). The van der Waals surface area contributed by atoms with Crippen molar-refractivity contribution in [1.82, 2.24) is 25.3 Å². The summed E-state index contributed by atoms with van der Waals surface area (Å²) in [5.74, 6) is 1.12. The van der Waals surface area contributed by atoms with E-state index in [1.165, 1.54) is 0 Å². The second-order valence-electron chi connectivity index (χ2n) is 7.37. The second kappa shape index (κ2) is 8.52. The van der Waals surface area contributed by atoms with Gasteiger partial charge in [0.1, 0.15) is 0 Å². The lowest BCUT2D eigenvalue weighted by atomic mass is 10.2. The van der Waals surface area contributed by atoms with Crippen molar-refractivity contribution in [3.63, 3.8) is 0 Å². The predicted octanol–water partition coefficient (Wildman–Crippen LogP) is 1.09. The zero-order chi connectivity index (χ0) is 19.3. The van der Waals surface area contributed by atoms with E-state index in [9.17, 15) is 9.59 Å². The van der Waals surface area contributed by atoms with Gasteiger partial charge in [0.2, 0.25) is 23.6 Å². The zero-order valence-corrected chi connectivity index (χ0v) is 15.8. The van der Waals surface area contributed by atoms with E-state index in [1.54, 1.807) is 0 Å². The summed E-state index contributed by atoms with van der Waals surface area (Å²) < 4.78 is 5.66. The number of carbonyl (C=O) groups is 2. The monoisotopic (exact) mass is 383 g/mol. The van der Waals surface area contributed by atoms with Crippen molar-refractivity contribution in [3.8, 4) is 11.5 Å². The van der Waals surface area contributed by atoms with Crippen LogP contribution in [-0.2, 0) is 16.0 Å². The summed E-state index contributed by atoms with van der Waals surface area (Å²) in [5.41, 5.74) is 0.870. The zero-order valence-electron chi connectivity index (χ0n) is 15.8. The van der Waals surface area contributed by atoms with Gasteiger partial charge in [0.05, 0.1) is 6.54 Å². The summed E-state index contributed by atoms with van der Waals surface area (Å²) >= 11 is 0. The summed E-state index contributed by atoms with van der Waals surface area (Å²) in [6.45, 7) is 3.16. The first kappa shape index (κ1) is 18.6. The lowest BCUT2D eigenvalue weighted by molar-refractivity contribution is -0.133. The normalized spacial score (nSPS) is 17.5. The Morgan fingerprint density at radius 1 is 1.07 bits per heavy atom. The molecule has 0 unspecified atom stereocenters. The van der Waals surface area contributed by atoms with Crippen LogP contribution in [-0.4, -0.2) is 70.6 Å². The van der Waals surface area contributed by atoms with Gasteiger partial charge in [-0.25, -0.2) is 0 Å². The van der Waals surface area contributed by atoms with Crippen molar-refractivity contribution in [2.75, 3.05) is 32.7 Å². The lowest BCUT2D eigenvalue weighted by Gasteiger charge is -2.34. The third-order valence-electron chi connectivity index (χ3n) is 5.07. The SMILES string of the molecule is O=C(CN1CCN(C(=O)CCc2nnc(-c3ccccc3)o2)CC1)NC1CC1. The van der Waals surface area contributed by atoms with Gasteiger partial charge in [-0.15, -0.1) is 10.2 Å². The minimum absolute atomic E-state index is 0.0848. The molecule has 1 aliphatic heterocycles. The van der Waals surface area contributed by atoms with Crippen LogP contribution in [0.4, 0.5) is 0 Å². The Labute approximate surface area is 163 Å². The maximum absolute atomic E-state index is 12.5. The fourth-order valence-corrected chi connectivity index (χ4v) is 3.28. The first-order chi connectivity index (χ1) is 13.7. The minimum atomic E-state index is 0.0848. The van der Waals surface area contributed by atoms with Crippen molar-refractivity contribution < 1.29 is 14.0 Å². The molecule has 0 spiro atoms. The van der Waals surface area contributed by atoms with Gasteiger partial charge >= 0.3 is 0 Å². The molecule has 1 saturated heterocycles. The van der Waals surface area contributed by atoms with E-state index < -0.39 is 0 Å². The number of benzene rings is 1. The number of amides is 2. The maximum atomic E-state index is 12.5. The van der Waals surface area contributed by atoms with Crippen LogP contribution >= 0.6 is 0 Å². The van der Waals surface area contributed by atoms with Gasteiger partial charge < -0.3 is 14.6 Å². The van der Waals surface area contributed by atoms with Gasteiger partial charge in [0.25, 0.3) is 0 Å². The molecule has 4 rings (SSSR count). The fourth-order valence-electron chi connectivity index (χ4n) is 3.28. The summed E-state index contributed by atoms with van der Waals surface area (Å²) in [7, 11) is 0. The van der Waals surface area contributed by atoms with Gasteiger partial charge in [-0.3, -0.25) is 14.5 Å². The van der Waals surface area contributed by atoms with Crippen molar-refractivity contribution in [3.05, 3.63) is 36.2 Å². The molecule has 8 nitrogen and oxygen atoms in total. The predicted molar refractivity (Wildman–Crippen MR) is 102 cm³/mol. The average molecular weight is 383 g/mol. The maximum Gasteiger partial charge on any atom is 0.247 e. The minimum Gasteiger partial charge on any atom is -0.421 e. The number of rotatable bonds is 7. The van der Waals surface area contributed by atoms with Gasteiger partial charge in [0.15, 0.2) is 0 Å². The Morgan fingerprint density at radius 3 is 2.54 bits per heavy atom. The largest absolute Gasteiger partial charge is 0.421 e. The smallest absolute Gasteiger partial charge is 0.247 e. The van der Waals surface area contributed by atoms with Crippen molar-refractivity contribution >= 4 is 11.8 Å². The number of aromatic nitrogens is 2. The van der Waals surface area contributed by atoms with Crippen molar-refractivity contribution in [2.45, 2.75) is 31.7 Å². The van der Waals surface area contributed by atoms with Crippen molar-refractivity contribution in [1.29, 1.82) is 0 Å². The Morgan fingerprint density at radius 2 is 1.82 bits per heavy atom. The van der Waals surface area contributed by atoms with E-state index in [0.29, 0.717) is 50.3 Å². The number of nitrogens with zero attached hydrogens (tertiary/aromatic N) is 4. The summed E-state index contributed by atoms with van der Waals surface area (Å²) in [4.78, 5) is 28.3. The van der Waals surface area contributed by atoms with Gasteiger partial charge in [0, 0.05) is 50.6 Å². The molecule has 28 heavy (non-hydrogen) atoms. The summed E-state index contributed by atoms with van der Waals surface area (Å²) in [5, 5.41) is 11.1. The van der Waals surface area contributed by atoms with Crippen LogP contribution in [0.15, 0.2) is 34.7 Å². The van der Waals surface area contributed by atoms with E-state index in [2.05, 4.69) is 20.4 Å². The van der Waals surface area contributed by atoms with Crippen LogP contribution in [0.25, 0.3) is 11.5 Å². The highest BCUT2D eigenvalue weighted by Gasteiger charge is 2.26. The molecule has 1 aromatic carbocycles. The van der Waals surface area contributed by atoms with E-state index in [1.807, 2.05) is 35.2 Å². The number of nitrogens with one attached hydrogen (secondary N) is 1. The van der Waals surface area contributed by atoms with E-state index >= 15 is 0 Å². The first-order valence-electron chi connectivity index (χ1n) is 9.84. The molecule has 1 N–H and O–H groups in total. The topological polar surface area (TPSA) is 91.6 Å². The van der Waals surface area contributed by atoms with Crippen molar-refractivity contribution in [2.24, 2.45) is 0 Å². The highest BCUT2D eigenvalue weighted by atomic mass is 16.4. The number of piperazine rings is 1. The van der Waals surface area contributed by atoms with Crippen LogP contribution < -0.4 is 5.32 Å². The molecule has 2 amide bonds. The Bertz CT molecular complexity index is 810. The first-order valence-corrected chi connectivity index (χ1v) is 9.84. The Balaban J connectivity index is 1.19. The summed E-state index contributed by atoms with van der Waals surface area (Å²) in [6, 6.07) is 9.97. The van der Waals surface area contributed by atoms with Gasteiger partial charge in [-0.05, 0) is 25.0 Å². The molecule has 2 fully saturated rings. The molecule has 2 heterocycles.